The summed E-state index contributed by atoms with van der Waals surface area (Å²) in [6.45, 7) is 3.33. The van der Waals surface area contributed by atoms with Crippen molar-refractivity contribution in [1.29, 1.82) is 0 Å². The van der Waals surface area contributed by atoms with E-state index in [1.165, 1.54) is 13.1 Å². The molecule has 0 radical (unpaired) electrons. The smallest absolute Gasteiger partial charge is 0.290 e. The summed E-state index contributed by atoms with van der Waals surface area (Å²) in [4.78, 5) is 11.9. The van der Waals surface area contributed by atoms with Crippen LogP contribution < -0.4 is 10.9 Å². The number of aromatic nitrogens is 4. The highest BCUT2D eigenvalue weighted by Gasteiger charge is 2.21. The Kier molecular flexibility index (Phi) is 3.58. The van der Waals surface area contributed by atoms with Crippen LogP contribution in [0.2, 0.25) is 5.15 Å². The van der Waals surface area contributed by atoms with Crippen molar-refractivity contribution in [3.63, 3.8) is 0 Å². The van der Waals surface area contributed by atoms with Crippen molar-refractivity contribution in [1.82, 2.24) is 19.6 Å². The van der Waals surface area contributed by atoms with Gasteiger partial charge in [0.25, 0.3) is 5.56 Å². The molecule has 2 aromatic rings. The van der Waals surface area contributed by atoms with Gasteiger partial charge in [0.1, 0.15) is 11.3 Å². The molecule has 0 aromatic carbocycles. The van der Waals surface area contributed by atoms with Crippen molar-refractivity contribution in [3.05, 3.63) is 33.3 Å². The monoisotopic (exact) mass is 297 g/mol. The molecule has 7 nitrogen and oxygen atoms in total. The van der Waals surface area contributed by atoms with Crippen LogP contribution in [0.1, 0.15) is 19.5 Å². The van der Waals surface area contributed by atoms with Crippen LogP contribution in [0, 0.1) is 0 Å². The molecular formula is C12H16ClN5O2. The number of nitrogens with zero attached hydrogens (tertiary/aromatic N) is 4. The molecule has 108 valence electrons. The first kappa shape index (κ1) is 14.5. The number of nitrogens with one attached hydrogen (secondary N) is 1. The topological polar surface area (TPSA) is 85.0 Å². The fourth-order valence-electron chi connectivity index (χ4n) is 1.90. The van der Waals surface area contributed by atoms with Gasteiger partial charge in [-0.3, -0.25) is 9.48 Å². The zero-order valence-electron chi connectivity index (χ0n) is 11.7. The lowest BCUT2D eigenvalue weighted by Crippen LogP contribution is -2.22. The van der Waals surface area contributed by atoms with Gasteiger partial charge in [0, 0.05) is 26.2 Å². The van der Waals surface area contributed by atoms with Crippen molar-refractivity contribution in [2.75, 3.05) is 5.32 Å². The fraction of sp³-hybridized carbons (Fsp3) is 0.417. The normalized spacial score (nSPS) is 11.7. The highest BCUT2D eigenvalue weighted by molar-refractivity contribution is 6.29. The number of anilines is 2. The minimum absolute atomic E-state index is 0.202. The molecule has 20 heavy (non-hydrogen) atoms. The van der Waals surface area contributed by atoms with Crippen LogP contribution in [-0.2, 0) is 19.7 Å². The minimum atomic E-state index is -1.03. The Morgan fingerprint density at radius 3 is 2.45 bits per heavy atom. The van der Waals surface area contributed by atoms with Gasteiger partial charge in [-0.1, -0.05) is 11.6 Å². The summed E-state index contributed by atoms with van der Waals surface area (Å²) < 4.78 is 2.69. The van der Waals surface area contributed by atoms with Crippen molar-refractivity contribution >= 4 is 23.1 Å². The fourth-order valence-corrected chi connectivity index (χ4v) is 2.12. The molecule has 2 heterocycles. The Balaban J connectivity index is 2.39. The van der Waals surface area contributed by atoms with Gasteiger partial charge < -0.3 is 10.4 Å². The molecule has 0 saturated carbocycles. The van der Waals surface area contributed by atoms with Gasteiger partial charge in [0.2, 0.25) is 0 Å². The van der Waals surface area contributed by atoms with Gasteiger partial charge in [-0.2, -0.15) is 10.2 Å². The quantitative estimate of drug-likeness (QED) is 0.887. The summed E-state index contributed by atoms with van der Waals surface area (Å²) in [5.74, 6) is 0.448. The maximum absolute atomic E-state index is 11.9. The van der Waals surface area contributed by atoms with E-state index in [4.69, 9.17) is 11.6 Å². The third-order valence-corrected chi connectivity index (χ3v) is 2.99. The summed E-state index contributed by atoms with van der Waals surface area (Å²) in [5.41, 5.74) is -0.447. The van der Waals surface area contributed by atoms with Crippen LogP contribution in [0.15, 0.2) is 16.9 Å². The van der Waals surface area contributed by atoms with Crippen molar-refractivity contribution in [2.45, 2.75) is 19.4 Å². The average molecular weight is 298 g/mol. The zero-order chi connectivity index (χ0) is 15.1. The number of halogens is 1. The van der Waals surface area contributed by atoms with Gasteiger partial charge in [0.15, 0.2) is 11.0 Å². The standard InChI is InChI=1S/C12H16ClN5O2/c1-12(2,20)8-6-10(16-17(8)3)14-7-5-9(13)15-18(4)11(7)19/h5-6,20H,1-4H3,(H,14,16). The molecule has 0 aliphatic carbocycles. The van der Waals surface area contributed by atoms with E-state index >= 15 is 0 Å². The Hall–Kier alpha value is -1.86. The predicted octanol–water partition coefficient (Wildman–Crippen LogP) is 1.14. The summed E-state index contributed by atoms with van der Waals surface area (Å²) in [6, 6.07) is 3.11. The SMILES string of the molecule is Cn1nc(Nc2cc(Cl)nn(C)c2=O)cc1C(C)(C)O. The Morgan fingerprint density at radius 1 is 1.25 bits per heavy atom. The van der Waals surface area contributed by atoms with Crippen molar-refractivity contribution in [2.24, 2.45) is 14.1 Å². The van der Waals surface area contributed by atoms with Crippen molar-refractivity contribution < 1.29 is 5.11 Å². The maximum Gasteiger partial charge on any atom is 0.290 e. The second-order valence-electron chi connectivity index (χ2n) is 5.03. The molecule has 0 aliphatic heterocycles. The van der Waals surface area contributed by atoms with Crippen LogP contribution in [0.25, 0.3) is 0 Å². The molecule has 0 unspecified atom stereocenters. The van der Waals surface area contributed by atoms with Gasteiger partial charge >= 0.3 is 0 Å². The zero-order valence-corrected chi connectivity index (χ0v) is 12.4. The van der Waals surface area contributed by atoms with E-state index in [1.54, 1.807) is 31.6 Å². The first-order valence-electron chi connectivity index (χ1n) is 5.96. The molecule has 2 rings (SSSR count). The molecule has 0 saturated heterocycles. The molecule has 8 heteroatoms. The van der Waals surface area contributed by atoms with Crippen LogP contribution in [-0.4, -0.2) is 24.7 Å². The molecule has 0 amide bonds. The van der Waals surface area contributed by atoms with Crippen molar-refractivity contribution in [3.8, 4) is 0 Å². The number of aryl methyl sites for hydroxylation is 2. The third-order valence-electron chi connectivity index (χ3n) is 2.80. The van der Waals surface area contributed by atoms with E-state index in [9.17, 15) is 9.90 Å². The highest BCUT2D eigenvalue weighted by atomic mass is 35.5. The maximum atomic E-state index is 11.9. The summed E-state index contributed by atoms with van der Waals surface area (Å²) >= 11 is 5.82. The lowest BCUT2D eigenvalue weighted by molar-refractivity contribution is 0.0696. The number of hydrogen-bond acceptors (Lipinski definition) is 5. The van der Waals surface area contributed by atoms with Crippen LogP contribution in [0.5, 0.6) is 0 Å². The van der Waals surface area contributed by atoms with E-state index in [0.29, 0.717) is 11.5 Å². The van der Waals surface area contributed by atoms with E-state index in [1.807, 2.05) is 0 Å². The molecule has 0 aliphatic rings. The molecule has 0 spiro atoms. The second-order valence-corrected chi connectivity index (χ2v) is 5.42. The first-order chi connectivity index (χ1) is 9.18. The van der Waals surface area contributed by atoms with E-state index in [0.717, 1.165) is 4.68 Å². The molecule has 0 bridgehead atoms. The highest BCUT2D eigenvalue weighted by Crippen LogP contribution is 2.23. The predicted molar refractivity (Wildman–Crippen MR) is 76.2 cm³/mol. The van der Waals surface area contributed by atoms with E-state index < -0.39 is 5.60 Å². The Bertz CT molecular complexity index is 699. The first-order valence-corrected chi connectivity index (χ1v) is 6.34. The Labute approximate surface area is 120 Å². The summed E-state index contributed by atoms with van der Waals surface area (Å²) in [5, 5.41) is 21.1. The summed E-state index contributed by atoms with van der Waals surface area (Å²) in [6.07, 6.45) is 0. The lowest BCUT2D eigenvalue weighted by Gasteiger charge is -2.16. The molecule has 0 fully saturated rings. The van der Waals surface area contributed by atoms with Crippen LogP contribution in [0.4, 0.5) is 11.5 Å². The van der Waals surface area contributed by atoms with Gasteiger partial charge in [-0.05, 0) is 13.8 Å². The van der Waals surface area contributed by atoms with E-state index in [-0.39, 0.29) is 16.4 Å². The number of aliphatic hydroxyl groups is 1. The lowest BCUT2D eigenvalue weighted by atomic mass is 10.1. The third kappa shape index (κ3) is 2.83. The molecule has 0 atom stereocenters. The van der Waals surface area contributed by atoms with Crippen LogP contribution in [0.3, 0.4) is 0 Å². The second kappa shape index (κ2) is 4.92. The average Bonchev–Trinajstić information content (AvgIpc) is 2.66. The van der Waals surface area contributed by atoms with Gasteiger partial charge in [0.05, 0.1) is 5.69 Å². The van der Waals surface area contributed by atoms with Crippen LogP contribution >= 0.6 is 11.6 Å². The molecule has 2 N–H and O–H groups in total. The van der Waals surface area contributed by atoms with Gasteiger partial charge in [-0.15, -0.1) is 0 Å². The molecular weight excluding hydrogens is 282 g/mol. The van der Waals surface area contributed by atoms with E-state index in [2.05, 4.69) is 15.5 Å². The Morgan fingerprint density at radius 2 is 1.90 bits per heavy atom. The van der Waals surface area contributed by atoms with Gasteiger partial charge in [-0.25, -0.2) is 4.68 Å². The minimum Gasteiger partial charge on any atom is -0.384 e. The summed E-state index contributed by atoms with van der Waals surface area (Å²) in [7, 11) is 3.23. The molecule has 2 aromatic heterocycles. The largest absolute Gasteiger partial charge is 0.384 e. The number of rotatable bonds is 3. The number of hydrogen-bond donors (Lipinski definition) is 2.